The molecule has 0 saturated carbocycles. The first-order chi connectivity index (χ1) is 11.4. The van der Waals surface area contributed by atoms with E-state index in [0.717, 1.165) is 18.6 Å². The summed E-state index contributed by atoms with van der Waals surface area (Å²) in [4.78, 5) is 12.9. The first kappa shape index (κ1) is 16.7. The minimum atomic E-state index is -4.10. The molecule has 5 nitrogen and oxygen atoms in total. The summed E-state index contributed by atoms with van der Waals surface area (Å²) in [5, 5.41) is 0.112. The van der Waals surface area contributed by atoms with Gasteiger partial charge < -0.3 is 4.90 Å². The fourth-order valence-corrected chi connectivity index (χ4v) is 3.83. The van der Waals surface area contributed by atoms with Crippen molar-refractivity contribution >= 4 is 38.9 Å². The highest BCUT2D eigenvalue weighted by Gasteiger charge is 2.23. The van der Waals surface area contributed by atoms with Crippen LogP contribution < -0.4 is 9.62 Å². The van der Waals surface area contributed by atoms with Crippen LogP contribution in [0.1, 0.15) is 12.8 Å². The molecule has 0 atom stereocenters. The van der Waals surface area contributed by atoms with Gasteiger partial charge in [-0.15, -0.1) is 0 Å². The van der Waals surface area contributed by atoms with E-state index < -0.39 is 20.7 Å². The third-order valence-electron chi connectivity index (χ3n) is 3.67. The molecule has 2 aromatic carbocycles. The summed E-state index contributed by atoms with van der Waals surface area (Å²) in [5.74, 6) is -0.931. The molecule has 1 N–H and O–H groups in total. The summed E-state index contributed by atoms with van der Waals surface area (Å²) >= 11 is 5.64. The summed E-state index contributed by atoms with van der Waals surface area (Å²) in [7, 11) is -4.10. The molecule has 2 aromatic rings. The van der Waals surface area contributed by atoms with Gasteiger partial charge in [0.15, 0.2) is 0 Å². The lowest BCUT2D eigenvalue weighted by molar-refractivity contribution is -0.117. The second-order valence-electron chi connectivity index (χ2n) is 5.38. The van der Waals surface area contributed by atoms with Gasteiger partial charge in [-0.2, -0.15) is 0 Å². The Kier molecular flexibility index (Phi) is 4.47. The molecule has 0 aromatic heterocycles. The maximum absolute atomic E-state index is 13.9. The van der Waals surface area contributed by atoms with Crippen LogP contribution in [0.3, 0.4) is 0 Å². The van der Waals surface area contributed by atoms with Crippen molar-refractivity contribution in [1.82, 2.24) is 0 Å². The predicted octanol–water partition coefficient (Wildman–Crippen LogP) is 3.41. The monoisotopic (exact) mass is 368 g/mol. The summed E-state index contributed by atoms with van der Waals surface area (Å²) in [6.07, 6.45) is 1.25. The highest BCUT2D eigenvalue weighted by Crippen LogP contribution is 2.26. The number of rotatable bonds is 4. The minimum absolute atomic E-state index is 0.00115. The van der Waals surface area contributed by atoms with Crippen LogP contribution >= 0.6 is 11.6 Å². The van der Waals surface area contributed by atoms with E-state index in [1.54, 1.807) is 23.1 Å². The largest absolute Gasteiger partial charge is 0.312 e. The summed E-state index contributed by atoms with van der Waals surface area (Å²) in [5.41, 5.74) is 0.857. The second-order valence-corrected chi connectivity index (χ2v) is 7.47. The Morgan fingerprint density at radius 2 is 1.96 bits per heavy atom. The van der Waals surface area contributed by atoms with Crippen LogP contribution in [-0.4, -0.2) is 20.9 Å². The highest BCUT2D eigenvalue weighted by atomic mass is 35.5. The van der Waals surface area contributed by atoms with Crippen LogP contribution in [0.15, 0.2) is 47.4 Å². The second kappa shape index (κ2) is 6.41. The molecule has 0 aliphatic carbocycles. The Hall–Kier alpha value is -2.12. The molecular weight excluding hydrogens is 355 g/mol. The van der Waals surface area contributed by atoms with E-state index in [4.69, 9.17) is 11.6 Å². The molecule has 1 fully saturated rings. The van der Waals surface area contributed by atoms with Gasteiger partial charge in [-0.25, -0.2) is 12.8 Å². The lowest BCUT2D eigenvalue weighted by Crippen LogP contribution is -2.23. The fourth-order valence-electron chi connectivity index (χ4n) is 2.56. The number of halogens is 2. The number of nitrogens with one attached hydrogen (secondary N) is 1. The van der Waals surface area contributed by atoms with Crippen molar-refractivity contribution in [1.29, 1.82) is 0 Å². The van der Waals surface area contributed by atoms with Gasteiger partial charge in [-0.1, -0.05) is 17.7 Å². The molecule has 0 spiro atoms. The number of hydrogen-bond acceptors (Lipinski definition) is 3. The maximum atomic E-state index is 13.9. The van der Waals surface area contributed by atoms with Crippen LogP contribution in [-0.2, 0) is 14.8 Å². The topological polar surface area (TPSA) is 66.5 Å². The van der Waals surface area contributed by atoms with E-state index in [9.17, 15) is 17.6 Å². The fraction of sp³-hybridized carbons (Fsp3) is 0.188. The summed E-state index contributed by atoms with van der Waals surface area (Å²) in [6.45, 7) is 0.598. The Morgan fingerprint density at radius 1 is 1.17 bits per heavy atom. The Bertz CT molecular complexity index is 902. The first-order valence-electron chi connectivity index (χ1n) is 7.25. The van der Waals surface area contributed by atoms with Crippen LogP contribution in [0.4, 0.5) is 15.8 Å². The first-order valence-corrected chi connectivity index (χ1v) is 9.11. The van der Waals surface area contributed by atoms with Crippen molar-refractivity contribution in [3.8, 4) is 0 Å². The Morgan fingerprint density at radius 3 is 2.62 bits per heavy atom. The molecule has 1 aliphatic heterocycles. The van der Waals surface area contributed by atoms with E-state index >= 15 is 0 Å². The van der Waals surface area contributed by atoms with Gasteiger partial charge in [0, 0.05) is 23.7 Å². The third-order valence-corrected chi connectivity index (χ3v) is 5.32. The molecule has 3 rings (SSSR count). The Balaban J connectivity index is 1.89. The number of carbonyl (C=O) groups excluding carboxylic acids is 1. The maximum Gasteiger partial charge on any atom is 0.264 e. The molecule has 1 heterocycles. The quantitative estimate of drug-likeness (QED) is 0.899. The van der Waals surface area contributed by atoms with Crippen molar-refractivity contribution in [3.05, 3.63) is 53.3 Å². The lowest BCUT2D eigenvalue weighted by Gasteiger charge is -2.17. The SMILES string of the molecule is O=C1CCCN1c1cccc(NS(=O)(=O)c2ccc(Cl)cc2F)c1. The Labute approximate surface area is 144 Å². The van der Waals surface area contributed by atoms with Crippen molar-refractivity contribution in [2.75, 3.05) is 16.2 Å². The van der Waals surface area contributed by atoms with Crippen molar-refractivity contribution in [2.24, 2.45) is 0 Å². The average Bonchev–Trinajstić information content (AvgIpc) is 2.92. The zero-order chi connectivity index (χ0) is 17.3. The molecular formula is C16H14ClFN2O3S. The van der Waals surface area contributed by atoms with Gasteiger partial charge in [0.25, 0.3) is 10.0 Å². The summed E-state index contributed by atoms with van der Waals surface area (Å²) in [6, 6.07) is 9.80. The number of carbonyl (C=O) groups is 1. The standard InChI is InChI=1S/C16H14ClFN2O3S/c17-11-6-7-15(14(18)9-11)24(22,23)19-12-3-1-4-13(10-12)20-8-2-5-16(20)21/h1,3-4,6-7,9-10,19H,2,5,8H2. The predicted molar refractivity (Wildman–Crippen MR) is 90.2 cm³/mol. The van der Waals surface area contributed by atoms with Gasteiger partial charge in [-0.3, -0.25) is 9.52 Å². The van der Waals surface area contributed by atoms with Crippen LogP contribution in [0, 0.1) is 5.82 Å². The number of nitrogens with zero attached hydrogens (tertiary/aromatic N) is 1. The molecule has 0 radical (unpaired) electrons. The van der Waals surface area contributed by atoms with Crippen LogP contribution in [0.5, 0.6) is 0 Å². The average molecular weight is 369 g/mol. The number of benzene rings is 2. The molecule has 1 amide bonds. The molecule has 126 valence electrons. The van der Waals surface area contributed by atoms with E-state index in [-0.39, 0.29) is 16.6 Å². The number of sulfonamides is 1. The third kappa shape index (κ3) is 3.37. The zero-order valence-corrected chi connectivity index (χ0v) is 14.1. The molecule has 8 heteroatoms. The smallest absolute Gasteiger partial charge is 0.264 e. The van der Waals surface area contributed by atoms with E-state index in [0.29, 0.717) is 18.7 Å². The van der Waals surface area contributed by atoms with E-state index in [2.05, 4.69) is 4.72 Å². The number of hydrogen-bond donors (Lipinski definition) is 1. The van der Waals surface area contributed by atoms with Gasteiger partial charge >= 0.3 is 0 Å². The van der Waals surface area contributed by atoms with E-state index in [1.807, 2.05) is 0 Å². The lowest BCUT2D eigenvalue weighted by atomic mass is 10.2. The van der Waals surface area contributed by atoms with E-state index in [1.165, 1.54) is 12.1 Å². The molecule has 1 saturated heterocycles. The normalized spacial score (nSPS) is 14.9. The highest BCUT2D eigenvalue weighted by molar-refractivity contribution is 7.92. The number of anilines is 2. The minimum Gasteiger partial charge on any atom is -0.312 e. The van der Waals surface area contributed by atoms with Crippen LogP contribution in [0.2, 0.25) is 5.02 Å². The summed E-state index contributed by atoms with van der Waals surface area (Å²) < 4.78 is 40.9. The molecule has 1 aliphatic rings. The zero-order valence-electron chi connectivity index (χ0n) is 12.5. The van der Waals surface area contributed by atoms with Crippen molar-refractivity contribution in [2.45, 2.75) is 17.7 Å². The number of amides is 1. The van der Waals surface area contributed by atoms with Crippen molar-refractivity contribution in [3.63, 3.8) is 0 Å². The van der Waals surface area contributed by atoms with Gasteiger partial charge in [0.1, 0.15) is 10.7 Å². The van der Waals surface area contributed by atoms with Crippen molar-refractivity contribution < 1.29 is 17.6 Å². The van der Waals surface area contributed by atoms with Gasteiger partial charge in [0.05, 0.1) is 5.69 Å². The molecule has 0 bridgehead atoms. The molecule has 24 heavy (non-hydrogen) atoms. The van der Waals surface area contributed by atoms with Gasteiger partial charge in [-0.05, 0) is 42.8 Å². The van der Waals surface area contributed by atoms with Crippen LogP contribution in [0.25, 0.3) is 0 Å². The van der Waals surface area contributed by atoms with Gasteiger partial charge in [0.2, 0.25) is 5.91 Å². The molecule has 0 unspecified atom stereocenters.